The van der Waals surface area contributed by atoms with Gasteiger partial charge in [0.25, 0.3) is 0 Å². The topological polar surface area (TPSA) is 17.1 Å². The molecule has 0 aliphatic heterocycles. The van der Waals surface area contributed by atoms with E-state index in [0.29, 0.717) is 6.42 Å². The van der Waals surface area contributed by atoms with Gasteiger partial charge in [-0.1, -0.05) is 67.8 Å². The van der Waals surface area contributed by atoms with Crippen LogP contribution in [0.15, 0.2) is 68.6 Å². The number of hydrogen-bond acceptors (Lipinski definition) is 1. The van der Waals surface area contributed by atoms with Gasteiger partial charge < -0.3 is 0 Å². The molecule has 3 heteroatoms. The first-order valence-corrected chi connectivity index (χ1v) is 9.13. The predicted molar refractivity (Wildman–Crippen MR) is 103 cm³/mol. The number of benzene rings is 2. The average Bonchev–Trinajstić information content (AvgIpc) is 2.54. The van der Waals surface area contributed by atoms with Crippen LogP contribution < -0.4 is 0 Å². The summed E-state index contributed by atoms with van der Waals surface area (Å²) < 4.78 is 2.12. The molecule has 0 saturated heterocycles. The minimum Gasteiger partial charge on any atom is -0.294 e. The van der Waals surface area contributed by atoms with E-state index in [1.54, 1.807) is 0 Å². The molecule has 116 valence electrons. The van der Waals surface area contributed by atoms with Crippen LogP contribution in [0.1, 0.15) is 30.4 Å². The van der Waals surface area contributed by atoms with E-state index >= 15 is 0 Å². The lowest BCUT2D eigenvalue weighted by Gasteiger charge is -2.16. The van der Waals surface area contributed by atoms with E-state index in [4.69, 9.17) is 0 Å². The Balaban J connectivity index is 1.73. The highest BCUT2D eigenvalue weighted by atomic mass is 79.9. The zero-order valence-corrected chi connectivity index (χ0v) is 15.7. The molecular formula is C20H16Br2O. The smallest absolute Gasteiger partial charge is 0.162 e. The number of halogens is 2. The summed E-state index contributed by atoms with van der Waals surface area (Å²) in [6.07, 6.45) is 6.45. The first kappa shape index (κ1) is 16.4. The van der Waals surface area contributed by atoms with Crippen LogP contribution in [0.2, 0.25) is 0 Å². The zero-order chi connectivity index (χ0) is 16.2. The second-order valence-electron chi connectivity index (χ2n) is 5.68. The predicted octanol–water partition coefficient (Wildman–Crippen LogP) is 6.43. The lowest BCUT2D eigenvalue weighted by atomic mass is 9.87. The van der Waals surface area contributed by atoms with Crippen molar-refractivity contribution in [1.29, 1.82) is 0 Å². The quantitative estimate of drug-likeness (QED) is 0.500. The Kier molecular flexibility index (Phi) is 5.29. The summed E-state index contributed by atoms with van der Waals surface area (Å²) in [7, 11) is 0. The van der Waals surface area contributed by atoms with Crippen molar-refractivity contribution in [3.8, 4) is 0 Å². The number of hydrogen-bond donors (Lipinski definition) is 0. The molecule has 0 spiro atoms. The molecule has 0 heterocycles. The first-order chi connectivity index (χ1) is 11.1. The summed E-state index contributed by atoms with van der Waals surface area (Å²) in [5, 5.41) is 0. The van der Waals surface area contributed by atoms with E-state index in [9.17, 15) is 4.79 Å². The van der Waals surface area contributed by atoms with Crippen molar-refractivity contribution in [3.63, 3.8) is 0 Å². The summed E-state index contributed by atoms with van der Waals surface area (Å²) in [4.78, 5) is 12.4. The lowest BCUT2D eigenvalue weighted by Crippen LogP contribution is -2.10. The van der Waals surface area contributed by atoms with Crippen molar-refractivity contribution in [1.82, 2.24) is 0 Å². The SMILES string of the molecule is O=C1C/C(=C/c2ccc(Br)cc2)CC/C1=C\c1ccc(Br)cc1. The highest BCUT2D eigenvalue weighted by Crippen LogP contribution is 2.28. The molecular weight excluding hydrogens is 416 g/mol. The molecule has 0 N–H and O–H groups in total. The Morgan fingerprint density at radius 3 is 1.78 bits per heavy atom. The fourth-order valence-electron chi connectivity index (χ4n) is 2.67. The Bertz CT molecular complexity index is 768. The van der Waals surface area contributed by atoms with Gasteiger partial charge in [0, 0.05) is 15.4 Å². The third-order valence-electron chi connectivity index (χ3n) is 3.91. The van der Waals surface area contributed by atoms with Gasteiger partial charge in [-0.05, 0) is 59.9 Å². The molecule has 0 bridgehead atoms. The van der Waals surface area contributed by atoms with Gasteiger partial charge in [-0.15, -0.1) is 0 Å². The van der Waals surface area contributed by atoms with Gasteiger partial charge in [-0.2, -0.15) is 0 Å². The average molecular weight is 432 g/mol. The van der Waals surface area contributed by atoms with E-state index in [1.165, 1.54) is 5.57 Å². The number of ketones is 1. The zero-order valence-electron chi connectivity index (χ0n) is 12.6. The van der Waals surface area contributed by atoms with Crippen molar-refractivity contribution in [2.24, 2.45) is 0 Å². The molecule has 23 heavy (non-hydrogen) atoms. The van der Waals surface area contributed by atoms with Crippen LogP contribution in [0.4, 0.5) is 0 Å². The first-order valence-electron chi connectivity index (χ1n) is 7.54. The van der Waals surface area contributed by atoms with Crippen molar-refractivity contribution in [3.05, 3.63) is 79.7 Å². The Hall–Kier alpha value is -1.45. The normalized spacial score (nSPS) is 18.6. The van der Waals surface area contributed by atoms with Crippen molar-refractivity contribution in [2.45, 2.75) is 19.3 Å². The largest absolute Gasteiger partial charge is 0.294 e. The maximum absolute atomic E-state index is 12.4. The lowest BCUT2D eigenvalue weighted by molar-refractivity contribution is -0.115. The molecule has 3 rings (SSSR count). The number of carbonyl (C=O) groups excluding carboxylic acids is 1. The maximum Gasteiger partial charge on any atom is 0.162 e. The van der Waals surface area contributed by atoms with Crippen LogP contribution in [0.25, 0.3) is 12.2 Å². The van der Waals surface area contributed by atoms with Gasteiger partial charge in [0.05, 0.1) is 0 Å². The van der Waals surface area contributed by atoms with Crippen molar-refractivity contribution in [2.75, 3.05) is 0 Å². The van der Waals surface area contributed by atoms with E-state index in [0.717, 1.165) is 38.5 Å². The van der Waals surface area contributed by atoms with Crippen LogP contribution in [0, 0.1) is 0 Å². The summed E-state index contributed by atoms with van der Waals surface area (Å²) in [5.74, 6) is 0.238. The van der Waals surface area contributed by atoms with Crippen molar-refractivity contribution >= 4 is 49.8 Å². The van der Waals surface area contributed by atoms with Crippen molar-refractivity contribution < 1.29 is 4.79 Å². The van der Waals surface area contributed by atoms with Crippen LogP contribution in [-0.4, -0.2) is 5.78 Å². The third-order valence-corrected chi connectivity index (χ3v) is 4.97. The van der Waals surface area contributed by atoms with Crippen LogP contribution >= 0.6 is 31.9 Å². The third kappa shape index (κ3) is 4.52. The molecule has 0 radical (unpaired) electrons. The Morgan fingerprint density at radius 2 is 1.26 bits per heavy atom. The minimum atomic E-state index is 0.238. The highest BCUT2D eigenvalue weighted by molar-refractivity contribution is 9.10. The van der Waals surface area contributed by atoms with Crippen LogP contribution in [0.5, 0.6) is 0 Å². The molecule has 1 saturated carbocycles. The number of Topliss-reactive ketones (excluding diaryl/α,β-unsaturated/α-hetero) is 1. The van der Waals surface area contributed by atoms with E-state index < -0.39 is 0 Å². The molecule has 0 amide bonds. The molecule has 1 aliphatic carbocycles. The molecule has 1 nitrogen and oxygen atoms in total. The fraction of sp³-hybridized carbons (Fsp3) is 0.150. The maximum atomic E-state index is 12.4. The summed E-state index contributed by atoms with van der Waals surface area (Å²) in [5.41, 5.74) is 4.37. The Labute approximate surface area is 153 Å². The minimum absolute atomic E-state index is 0.238. The van der Waals surface area contributed by atoms with E-state index in [1.807, 2.05) is 42.5 Å². The van der Waals surface area contributed by atoms with Gasteiger partial charge in [-0.3, -0.25) is 4.79 Å². The number of allylic oxidation sites excluding steroid dienone is 2. The standard InChI is InChI=1S/C20H16Br2O/c21-18-7-2-14(3-8-18)11-16-1-6-17(20(23)13-16)12-15-4-9-19(22)10-5-15/h2-5,7-12H,1,6,13H2/b16-11+,17-12+. The monoisotopic (exact) mass is 430 g/mol. The number of rotatable bonds is 2. The summed E-state index contributed by atoms with van der Waals surface area (Å²) in [6, 6.07) is 16.2. The van der Waals surface area contributed by atoms with Crippen LogP contribution in [0.3, 0.4) is 0 Å². The second kappa shape index (κ2) is 7.41. The molecule has 0 atom stereocenters. The van der Waals surface area contributed by atoms with Crippen LogP contribution in [-0.2, 0) is 4.79 Å². The molecule has 0 unspecified atom stereocenters. The molecule has 1 aliphatic rings. The summed E-state index contributed by atoms with van der Waals surface area (Å²) in [6.45, 7) is 0. The van der Waals surface area contributed by atoms with Gasteiger partial charge in [0.15, 0.2) is 5.78 Å². The summed E-state index contributed by atoms with van der Waals surface area (Å²) >= 11 is 6.87. The fourth-order valence-corrected chi connectivity index (χ4v) is 3.20. The molecule has 0 aromatic heterocycles. The highest BCUT2D eigenvalue weighted by Gasteiger charge is 2.18. The van der Waals surface area contributed by atoms with E-state index in [2.05, 4.69) is 50.1 Å². The van der Waals surface area contributed by atoms with E-state index in [-0.39, 0.29) is 5.78 Å². The van der Waals surface area contributed by atoms with Gasteiger partial charge in [0.2, 0.25) is 0 Å². The number of carbonyl (C=O) groups is 1. The Morgan fingerprint density at radius 1 is 0.739 bits per heavy atom. The van der Waals surface area contributed by atoms with Gasteiger partial charge >= 0.3 is 0 Å². The van der Waals surface area contributed by atoms with Gasteiger partial charge in [0.1, 0.15) is 0 Å². The molecule has 1 fully saturated rings. The van der Waals surface area contributed by atoms with Gasteiger partial charge in [-0.25, -0.2) is 0 Å². The molecule has 2 aromatic carbocycles. The second-order valence-corrected chi connectivity index (χ2v) is 7.51. The molecule has 2 aromatic rings.